The Morgan fingerprint density at radius 1 is 1.08 bits per heavy atom. The lowest BCUT2D eigenvalue weighted by atomic mass is 10.0. The van der Waals surface area contributed by atoms with Crippen LogP contribution in [0, 0.1) is 6.92 Å². The zero-order valence-electron chi connectivity index (χ0n) is 15.2. The van der Waals surface area contributed by atoms with Gasteiger partial charge in [0, 0.05) is 11.5 Å². The van der Waals surface area contributed by atoms with Gasteiger partial charge in [-0.15, -0.1) is 0 Å². The molecule has 5 nitrogen and oxygen atoms in total. The molecule has 0 amide bonds. The molecule has 0 N–H and O–H groups in total. The van der Waals surface area contributed by atoms with Crippen LogP contribution in [-0.4, -0.2) is 13.1 Å². The molecule has 3 rings (SSSR count). The molecule has 0 saturated heterocycles. The van der Waals surface area contributed by atoms with E-state index in [1.54, 1.807) is 24.3 Å². The van der Waals surface area contributed by atoms with Crippen molar-refractivity contribution in [1.82, 2.24) is 0 Å². The number of benzene rings is 2. The second kappa shape index (κ2) is 7.04. The fourth-order valence-electron chi connectivity index (χ4n) is 2.72. The summed E-state index contributed by atoms with van der Waals surface area (Å²) < 4.78 is 15.9. The van der Waals surface area contributed by atoms with Gasteiger partial charge in [-0.1, -0.05) is 26.0 Å². The highest BCUT2D eigenvalue weighted by molar-refractivity contribution is 5.94. The Morgan fingerprint density at radius 3 is 2.54 bits per heavy atom. The highest BCUT2D eigenvalue weighted by atomic mass is 16.5. The molecule has 0 bridgehead atoms. The van der Waals surface area contributed by atoms with Crippen molar-refractivity contribution in [2.45, 2.75) is 26.7 Å². The molecule has 0 aliphatic rings. The normalized spacial score (nSPS) is 11.0. The molecule has 0 aliphatic heterocycles. The molecule has 2 aromatic carbocycles. The third-order valence-corrected chi connectivity index (χ3v) is 4.16. The van der Waals surface area contributed by atoms with E-state index in [4.69, 9.17) is 13.9 Å². The summed E-state index contributed by atoms with van der Waals surface area (Å²) in [4.78, 5) is 24.8. The van der Waals surface area contributed by atoms with Crippen molar-refractivity contribution in [2.75, 3.05) is 7.11 Å². The first-order chi connectivity index (χ1) is 12.4. The number of esters is 1. The Labute approximate surface area is 151 Å². The van der Waals surface area contributed by atoms with Gasteiger partial charge in [-0.25, -0.2) is 9.59 Å². The molecule has 0 unspecified atom stereocenters. The van der Waals surface area contributed by atoms with Crippen LogP contribution in [0.5, 0.6) is 11.5 Å². The number of rotatable bonds is 4. The molecule has 0 aliphatic carbocycles. The monoisotopic (exact) mass is 352 g/mol. The Balaban J connectivity index is 1.99. The fraction of sp³-hybridized carbons (Fsp3) is 0.238. The van der Waals surface area contributed by atoms with Crippen LogP contribution in [0.3, 0.4) is 0 Å². The molecule has 0 spiro atoms. The average molecular weight is 352 g/mol. The summed E-state index contributed by atoms with van der Waals surface area (Å²) >= 11 is 0. The van der Waals surface area contributed by atoms with Crippen LogP contribution >= 0.6 is 0 Å². The van der Waals surface area contributed by atoms with Gasteiger partial charge in [0.15, 0.2) is 0 Å². The Hall–Kier alpha value is -3.08. The molecule has 0 fully saturated rings. The first-order valence-corrected chi connectivity index (χ1v) is 8.33. The zero-order chi connectivity index (χ0) is 18.8. The number of carbonyl (C=O) groups excluding carboxylic acids is 1. The second-order valence-corrected chi connectivity index (χ2v) is 6.44. The third-order valence-electron chi connectivity index (χ3n) is 4.16. The summed E-state index contributed by atoms with van der Waals surface area (Å²) in [5.74, 6) is 0.472. The van der Waals surface area contributed by atoms with Gasteiger partial charge < -0.3 is 13.9 Å². The molecule has 134 valence electrons. The van der Waals surface area contributed by atoms with Gasteiger partial charge in [0.05, 0.1) is 7.11 Å². The minimum Gasteiger partial charge on any atom is -0.497 e. The van der Waals surface area contributed by atoms with E-state index in [-0.39, 0.29) is 11.5 Å². The lowest BCUT2D eigenvalue weighted by Crippen LogP contribution is -2.19. The molecule has 26 heavy (non-hydrogen) atoms. The third kappa shape index (κ3) is 3.47. The summed E-state index contributed by atoms with van der Waals surface area (Å²) in [6, 6.07) is 12.2. The quantitative estimate of drug-likeness (QED) is 0.394. The predicted octanol–water partition coefficient (Wildman–Crippen LogP) is 4.45. The van der Waals surface area contributed by atoms with Crippen LogP contribution in [0.25, 0.3) is 11.0 Å². The Bertz CT molecular complexity index is 1030. The minimum atomic E-state index is -0.741. The van der Waals surface area contributed by atoms with Gasteiger partial charge in [0.25, 0.3) is 0 Å². The number of fused-ring (bicyclic) bond motifs is 1. The molecule has 5 heteroatoms. The number of ether oxygens (including phenoxy) is 2. The molecular formula is C21H20O5. The van der Waals surface area contributed by atoms with E-state index in [0.29, 0.717) is 22.5 Å². The van der Waals surface area contributed by atoms with Crippen LogP contribution in [0.15, 0.2) is 51.7 Å². The smallest absolute Gasteiger partial charge is 0.351 e. The minimum absolute atomic E-state index is 0.140. The summed E-state index contributed by atoms with van der Waals surface area (Å²) in [6.45, 7) is 5.94. The lowest BCUT2D eigenvalue weighted by molar-refractivity contribution is 0.0728. The molecule has 0 radical (unpaired) electrons. The van der Waals surface area contributed by atoms with Crippen molar-refractivity contribution < 1.29 is 18.7 Å². The van der Waals surface area contributed by atoms with Gasteiger partial charge in [0.1, 0.15) is 22.6 Å². The first-order valence-electron chi connectivity index (χ1n) is 8.33. The fourth-order valence-corrected chi connectivity index (χ4v) is 2.72. The lowest BCUT2D eigenvalue weighted by Gasteiger charge is -2.13. The van der Waals surface area contributed by atoms with Gasteiger partial charge in [-0.3, -0.25) is 0 Å². The average Bonchev–Trinajstić information content (AvgIpc) is 2.60. The van der Waals surface area contributed by atoms with Crippen molar-refractivity contribution in [3.8, 4) is 11.5 Å². The van der Waals surface area contributed by atoms with Crippen LogP contribution in [0.1, 0.15) is 41.3 Å². The van der Waals surface area contributed by atoms with Gasteiger partial charge in [0.2, 0.25) is 0 Å². The maximum atomic E-state index is 12.6. The number of hydrogen-bond acceptors (Lipinski definition) is 5. The van der Waals surface area contributed by atoms with Crippen LogP contribution < -0.4 is 15.1 Å². The molecule has 1 aromatic heterocycles. The van der Waals surface area contributed by atoms with Crippen molar-refractivity contribution in [3.63, 3.8) is 0 Å². The summed E-state index contributed by atoms with van der Waals surface area (Å²) in [6.07, 6.45) is 0. The highest BCUT2D eigenvalue weighted by Gasteiger charge is 2.19. The van der Waals surface area contributed by atoms with Crippen LogP contribution in [0.4, 0.5) is 0 Å². The maximum absolute atomic E-state index is 12.6. The van der Waals surface area contributed by atoms with Crippen LogP contribution in [0.2, 0.25) is 0 Å². The molecule has 0 saturated carbocycles. The molecular weight excluding hydrogens is 332 g/mol. The molecule has 0 atom stereocenters. The van der Waals surface area contributed by atoms with E-state index < -0.39 is 11.6 Å². The van der Waals surface area contributed by atoms with Crippen molar-refractivity contribution >= 4 is 16.9 Å². The Morgan fingerprint density at radius 2 is 1.85 bits per heavy atom. The SMILES string of the molecule is COc1ccc2cc(C(=O)Oc3cc(C)ccc3C(C)C)c(=O)oc2c1. The number of carbonyl (C=O) groups is 1. The summed E-state index contributed by atoms with van der Waals surface area (Å²) in [5.41, 5.74) is 1.34. The van der Waals surface area contributed by atoms with Crippen LogP contribution in [-0.2, 0) is 0 Å². The summed E-state index contributed by atoms with van der Waals surface area (Å²) in [5, 5.41) is 0.616. The van der Waals surface area contributed by atoms with E-state index in [2.05, 4.69) is 0 Å². The number of hydrogen-bond donors (Lipinski definition) is 0. The standard InChI is InChI=1S/C21H20O5/c1-12(2)16-8-5-13(3)9-19(16)26-21(23)17-10-14-6-7-15(24-4)11-18(14)25-20(17)22/h5-12H,1-4H3. The van der Waals surface area contributed by atoms with E-state index in [9.17, 15) is 9.59 Å². The van der Waals surface area contributed by atoms with E-state index in [1.807, 2.05) is 32.9 Å². The molecule has 1 heterocycles. The number of aryl methyl sites for hydroxylation is 1. The Kier molecular flexibility index (Phi) is 4.80. The van der Waals surface area contributed by atoms with E-state index in [0.717, 1.165) is 11.1 Å². The van der Waals surface area contributed by atoms with Crippen molar-refractivity contribution in [2.24, 2.45) is 0 Å². The van der Waals surface area contributed by atoms with E-state index >= 15 is 0 Å². The topological polar surface area (TPSA) is 65.7 Å². The predicted molar refractivity (Wildman–Crippen MR) is 99.3 cm³/mol. The maximum Gasteiger partial charge on any atom is 0.351 e. The van der Waals surface area contributed by atoms with Gasteiger partial charge in [-0.2, -0.15) is 0 Å². The largest absolute Gasteiger partial charge is 0.497 e. The zero-order valence-corrected chi connectivity index (χ0v) is 15.2. The highest BCUT2D eigenvalue weighted by Crippen LogP contribution is 2.28. The van der Waals surface area contributed by atoms with Crippen molar-refractivity contribution in [1.29, 1.82) is 0 Å². The first kappa shape index (κ1) is 17.7. The summed E-state index contributed by atoms with van der Waals surface area (Å²) in [7, 11) is 1.53. The molecule has 3 aromatic rings. The van der Waals surface area contributed by atoms with Gasteiger partial charge in [-0.05, 0) is 48.2 Å². The second-order valence-electron chi connectivity index (χ2n) is 6.44. The van der Waals surface area contributed by atoms with E-state index in [1.165, 1.54) is 13.2 Å². The number of methoxy groups -OCH3 is 1. The van der Waals surface area contributed by atoms with Gasteiger partial charge >= 0.3 is 11.6 Å². The van der Waals surface area contributed by atoms with Crippen molar-refractivity contribution in [3.05, 3.63) is 69.6 Å².